The zero-order chi connectivity index (χ0) is 28.8. The zero-order valence-electron chi connectivity index (χ0n) is 20.8. The van der Waals surface area contributed by atoms with E-state index in [2.05, 4.69) is 10.6 Å². The van der Waals surface area contributed by atoms with Crippen LogP contribution in [0.3, 0.4) is 0 Å². The van der Waals surface area contributed by atoms with Crippen molar-refractivity contribution < 1.29 is 28.0 Å². The highest BCUT2D eigenvalue weighted by molar-refractivity contribution is 8.29. The molecule has 0 aromatic heterocycles. The summed E-state index contributed by atoms with van der Waals surface area (Å²) in [5.74, 6) is -2.46. The lowest BCUT2D eigenvalue weighted by molar-refractivity contribution is -0.124. The van der Waals surface area contributed by atoms with E-state index in [0.29, 0.717) is 24.2 Å². The smallest absolute Gasteiger partial charge is 0.267 e. The van der Waals surface area contributed by atoms with Crippen LogP contribution in [0.25, 0.3) is 0 Å². The van der Waals surface area contributed by atoms with E-state index in [1.54, 1.807) is 12.1 Å². The van der Waals surface area contributed by atoms with Gasteiger partial charge in [0.1, 0.15) is 20.3 Å². The van der Waals surface area contributed by atoms with Crippen molar-refractivity contribution in [3.63, 3.8) is 0 Å². The molecule has 2 N–H and O–H groups in total. The number of nitrogens with zero attached hydrogens (tertiary/aromatic N) is 2. The van der Waals surface area contributed by atoms with E-state index in [9.17, 15) is 28.0 Å². The fourth-order valence-electron chi connectivity index (χ4n) is 3.83. The number of halogens is 2. The molecule has 2 aliphatic rings. The van der Waals surface area contributed by atoms with Gasteiger partial charge in [-0.3, -0.25) is 29.0 Å². The Labute approximate surface area is 247 Å². The quantitative estimate of drug-likeness (QED) is 0.282. The first-order chi connectivity index (χ1) is 19.1. The van der Waals surface area contributed by atoms with Crippen LogP contribution >= 0.6 is 48.0 Å². The van der Waals surface area contributed by atoms with Crippen LogP contribution in [0.1, 0.15) is 25.7 Å². The van der Waals surface area contributed by atoms with E-state index in [1.165, 1.54) is 46.2 Å². The van der Waals surface area contributed by atoms with E-state index in [0.717, 1.165) is 23.5 Å². The van der Waals surface area contributed by atoms with Gasteiger partial charge < -0.3 is 10.6 Å². The molecule has 4 amide bonds. The Morgan fingerprint density at radius 1 is 0.725 bits per heavy atom. The number of amides is 4. The molecular weight excluding hydrogens is 599 g/mol. The molecule has 208 valence electrons. The second-order valence-electron chi connectivity index (χ2n) is 8.63. The summed E-state index contributed by atoms with van der Waals surface area (Å²) in [6.45, 7) is 0.344. The van der Waals surface area contributed by atoms with Gasteiger partial charge in [-0.1, -0.05) is 60.1 Å². The van der Waals surface area contributed by atoms with Gasteiger partial charge in [-0.2, -0.15) is 0 Å². The minimum atomic E-state index is -0.466. The van der Waals surface area contributed by atoms with Crippen LogP contribution in [-0.4, -0.2) is 55.2 Å². The third-order valence-electron chi connectivity index (χ3n) is 5.69. The van der Waals surface area contributed by atoms with Gasteiger partial charge in [0.05, 0.1) is 9.81 Å². The second-order valence-corrected chi connectivity index (χ2v) is 11.9. The molecule has 0 aliphatic carbocycles. The summed E-state index contributed by atoms with van der Waals surface area (Å²) in [4.78, 5) is 53.6. The van der Waals surface area contributed by atoms with Crippen LogP contribution < -0.4 is 10.6 Å². The number of rotatable bonds is 10. The molecule has 0 radical (unpaired) electrons. The highest BCUT2D eigenvalue weighted by atomic mass is 32.2. The van der Waals surface area contributed by atoms with Crippen molar-refractivity contribution in [1.82, 2.24) is 9.80 Å². The second kappa shape index (κ2) is 13.4. The first-order valence-electron chi connectivity index (χ1n) is 12.0. The number of carbonyl (C=O) groups excluding carboxylic acids is 4. The predicted molar refractivity (Wildman–Crippen MR) is 159 cm³/mol. The van der Waals surface area contributed by atoms with Crippen molar-refractivity contribution in [2.75, 3.05) is 23.7 Å². The Morgan fingerprint density at radius 3 is 1.50 bits per heavy atom. The van der Waals surface area contributed by atoms with Gasteiger partial charge in [0.15, 0.2) is 0 Å². The fraction of sp³-hybridized carbons (Fsp3) is 0.231. The maximum Gasteiger partial charge on any atom is 0.267 e. The molecule has 2 fully saturated rings. The van der Waals surface area contributed by atoms with E-state index in [-0.39, 0.29) is 56.2 Å². The minimum absolute atomic E-state index is 0.0812. The highest BCUT2D eigenvalue weighted by Crippen LogP contribution is 2.42. The van der Waals surface area contributed by atoms with Crippen molar-refractivity contribution in [3.05, 3.63) is 70.0 Å². The Kier molecular flexibility index (Phi) is 10.0. The molecule has 0 unspecified atom stereocenters. The van der Waals surface area contributed by atoms with E-state index >= 15 is 0 Å². The van der Waals surface area contributed by atoms with Gasteiger partial charge in [0.2, 0.25) is 11.8 Å². The summed E-state index contributed by atoms with van der Waals surface area (Å²) in [6, 6.07) is 11.1. The summed E-state index contributed by atoms with van der Waals surface area (Å²) < 4.78 is 27.1. The average molecular weight is 621 g/mol. The van der Waals surface area contributed by atoms with Gasteiger partial charge in [-0.15, -0.1) is 0 Å². The number of thioether (sulfide) groups is 2. The largest absolute Gasteiger partial charge is 0.326 e. The highest BCUT2D eigenvalue weighted by Gasteiger charge is 2.41. The SMILES string of the molecule is O=C(CCCN1C(=O)/C(=C2\SC(=S)N(CCCC(=O)Nc3cccc(F)c3)C2=O)SC1=S)Nc1cccc(F)c1. The fourth-order valence-corrected chi connectivity index (χ4v) is 6.60. The predicted octanol–water partition coefficient (Wildman–Crippen LogP) is 5.03. The van der Waals surface area contributed by atoms with Crippen molar-refractivity contribution in [1.29, 1.82) is 0 Å². The Balaban J connectivity index is 1.28. The normalized spacial score (nSPS) is 17.1. The number of nitrogens with one attached hydrogen (secondary N) is 2. The van der Waals surface area contributed by atoms with Crippen LogP contribution in [0.4, 0.5) is 20.2 Å². The minimum Gasteiger partial charge on any atom is -0.326 e. The van der Waals surface area contributed by atoms with Gasteiger partial charge in [0.25, 0.3) is 11.8 Å². The molecule has 4 rings (SSSR count). The molecule has 2 aromatic rings. The Morgan fingerprint density at radius 2 is 1.12 bits per heavy atom. The summed E-state index contributed by atoms with van der Waals surface area (Å²) >= 11 is 12.7. The first-order valence-corrected chi connectivity index (χ1v) is 14.5. The molecule has 2 heterocycles. The number of carbonyl (C=O) groups is 4. The van der Waals surface area contributed by atoms with Gasteiger partial charge >= 0.3 is 0 Å². The zero-order valence-corrected chi connectivity index (χ0v) is 24.0. The number of hydrogen-bond acceptors (Lipinski definition) is 8. The van der Waals surface area contributed by atoms with Crippen molar-refractivity contribution in [3.8, 4) is 0 Å². The molecule has 2 aliphatic heterocycles. The third-order valence-corrected chi connectivity index (χ3v) is 8.72. The maximum absolute atomic E-state index is 13.3. The number of hydrogen-bond donors (Lipinski definition) is 2. The molecule has 2 aromatic carbocycles. The molecule has 0 bridgehead atoms. The lowest BCUT2D eigenvalue weighted by Crippen LogP contribution is -2.31. The maximum atomic E-state index is 13.3. The molecule has 0 spiro atoms. The molecule has 14 heteroatoms. The van der Waals surface area contributed by atoms with E-state index in [1.807, 2.05) is 0 Å². The Bertz CT molecular complexity index is 1330. The average Bonchev–Trinajstić information content (AvgIpc) is 3.33. The summed E-state index contributed by atoms with van der Waals surface area (Å²) in [5.41, 5.74) is 0.676. The molecular formula is C26H22F2N4O4S4. The lowest BCUT2D eigenvalue weighted by atomic mass is 10.2. The van der Waals surface area contributed by atoms with Crippen LogP contribution in [0.2, 0.25) is 0 Å². The molecule has 40 heavy (non-hydrogen) atoms. The third kappa shape index (κ3) is 7.50. The van der Waals surface area contributed by atoms with Crippen LogP contribution in [0.5, 0.6) is 0 Å². The van der Waals surface area contributed by atoms with E-state index < -0.39 is 23.4 Å². The topological polar surface area (TPSA) is 98.8 Å². The number of thiocarbonyl (C=S) groups is 2. The number of benzene rings is 2. The molecule has 2 saturated heterocycles. The molecule has 0 atom stereocenters. The standard InChI is InChI=1S/C26H22F2N4O4S4/c27-15-5-1-7-17(13-15)29-19(33)9-3-11-31-23(35)21(39-25(31)37)22-24(36)32(26(38)40-22)12-4-10-20(34)30-18-8-2-6-16(28)14-18/h1-2,5-8,13-14H,3-4,9-12H2,(H,29,33)(H,30,34)/b22-21+. The summed E-state index contributed by atoms with van der Waals surface area (Å²) in [7, 11) is 0. The monoisotopic (exact) mass is 620 g/mol. The van der Waals surface area contributed by atoms with Crippen molar-refractivity contribution in [2.24, 2.45) is 0 Å². The van der Waals surface area contributed by atoms with Crippen LogP contribution in [-0.2, 0) is 19.2 Å². The van der Waals surface area contributed by atoms with E-state index in [4.69, 9.17) is 24.4 Å². The first kappa shape index (κ1) is 29.8. The van der Waals surface area contributed by atoms with Crippen LogP contribution in [0.15, 0.2) is 58.3 Å². The van der Waals surface area contributed by atoms with Crippen molar-refractivity contribution in [2.45, 2.75) is 25.7 Å². The van der Waals surface area contributed by atoms with Gasteiger partial charge in [-0.05, 0) is 49.2 Å². The Hall–Kier alpha value is -3.20. The van der Waals surface area contributed by atoms with Crippen LogP contribution in [0, 0.1) is 11.6 Å². The number of anilines is 2. The molecule has 8 nitrogen and oxygen atoms in total. The summed E-state index contributed by atoms with van der Waals surface area (Å²) in [6.07, 6.45) is 0.772. The van der Waals surface area contributed by atoms with Crippen molar-refractivity contribution >= 4 is 91.6 Å². The lowest BCUT2D eigenvalue weighted by Gasteiger charge is -2.14. The summed E-state index contributed by atoms with van der Waals surface area (Å²) in [5, 5.41) is 5.20. The molecule has 0 saturated carbocycles. The van der Waals surface area contributed by atoms with Gasteiger partial charge in [-0.25, -0.2) is 8.78 Å². The van der Waals surface area contributed by atoms with Gasteiger partial charge in [0, 0.05) is 37.3 Å².